The molecule has 0 spiro atoms. The Hall–Kier alpha value is -4.45. The zero-order valence-electron chi connectivity index (χ0n) is 20.3. The van der Waals surface area contributed by atoms with Gasteiger partial charge in [-0.2, -0.15) is 5.26 Å². The summed E-state index contributed by atoms with van der Waals surface area (Å²) in [6, 6.07) is 22.2. The van der Waals surface area contributed by atoms with E-state index in [0.717, 1.165) is 0 Å². The number of carbonyl (C=O) groups is 2. The molecule has 3 aromatic carbocycles. The van der Waals surface area contributed by atoms with Crippen LogP contribution in [0.15, 0.2) is 95.5 Å². The number of ether oxygens (including phenoxy) is 3. The van der Waals surface area contributed by atoms with Gasteiger partial charge in [-0.1, -0.05) is 53.5 Å². The first-order valence-corrected chi connectivity index (χ1v) is 11.9. The minimum atomic E-state index is -0.950. The molecule has 1 aliphatic heterocycles. The lowest BCUT2D eigenvalue weighted by Gasteiger charge is -2.35. The lowest BCUT2D eigenvalue weighted by atomic mass is 9.81. The fourth-order valence-electron chi connectivity index (χ4n) is 4.13. The van der Waals surface area contributed by atoms with Crippen molar-refractivity contribution in [3.63, 3.8) is 0 Å². The third-order valence-electron chi connectivity index (χ3n) is 5.83. The van der Waals surface area contributed by atoms with Crippen LogP contribution in [0.4, 0.5) is 5.69 Å². The Morgan fingerprint density at radius 1 is 0.947 bits per heavy atom. The molecule has 8 nitrogen and oxygen atoms in total. The minimum Gasteiger partial charge on any atom is -0.466 e. The highest BCUT2D eigenvalue weighted by atomic mass is 35.5. The zero-order chi connectivity index (χ0) is 27.4. The number of halogens is 2. The highest BCUT2D eigenvalue weighted by molar-refractivity contribution is 6.35. The number of nitrogens with zero attached hydrogens (tertiary/aromatic N) is 2. The third-order valence-corrected chi connectivity index (χ3v) is 6.36. The van der Waals surface area contributed by atoms with E-state index in [1.807, 2.05) is 0 Å². The molecule has 1 atom stereocenters. The van der Waals surface area contributed by atoms with Crippen molar-refractivity contribution in [2.75, 3.05) is 19.1 Å². The molecule has 192 valence electrons. The van der Waals surface area contributed by atoms with Crippen LogP contribution in [0.5, 0.6) is 11.5 Å². The lowest BCUT2D eigenvalue weighted by molar-refractivity contribution is -0.139. The van der Waals surface area contributed by atoms with Crippen molar-refractivity contribution in [1.29, 1.82) is 5.26 Å². The number of carbonyl (C=O) groups excluding carboxylic acids is 2. The summed E-state index contributed by atoms with van der Waals surface area (Å²) < 4.78 is 15.9. The average molecular weight is 550 g/mol. The fourth-order valence-corrected chi connectivity index (χ4v) is 4.58. The third kappa shape index (κ3) is 5.02. The van der Waals surface area contributed by atoms with E-state index in [1.54, 1.807) is 72.8 Å². The van der Waals surface area contributed by atoms with E-state index in [1.165, 1.54) is 19.1 Å². The second kappa shape index (κ2) is 11.3. The van der Waals surface area contributed by atoms with Gasteiger partial charge >= 0.3 is 11.9 Å². The number of allylic oxidation sites excluding steroid dienone is 1. The molecule has 4 rings (SSSR count). The van der Waals surface area contributed by atoms with E-state index >= 15 is 0 Å². The number of methoxy groups -OCH3 is 2. The van der Waals surface area contributed by atoms with E-state index in [0.29, 0.717) is 32.8 Å². The van der Waals surface area contributed by atoms with Gasteiger partial charge in [-0.05, 0) is 48.0 Å². The molecule has 1 aliphatic rings. The van der Waals surface area contributed by atoms with Gasteiger partial charge in [0.25, 0.3) is 0 Å². The molecule has 0 bridgehead atoms. The predicted molar refractivity (Wildman–Crippen MR) is 143 cm³/mol. The van der Waals surface area contributed by atoms with E-state index in [2.05, 4.69) is 6.07 Å². The molecule has 0 radical (unpaired) electrons. The SMILES string of the molecule is COC(=O)C1=C(C(=O)OC)N(c2ccc(Oc3ccc(Cl)cc3Cl)cc2)C(N)=C(C#N)C1c1ccccc1. The summed E-state index contributed by atoms with van der Waals surface area (Å²) in [5.41, 5.74) is 7.28. The second-order valence-electron chi connectivity index (χ2n) is 8.01. The molecular weight excluding hydrogens is 529 g/mol. The van der Waals surface area contributed by atoms with Crippen LogP contribution in [0.3, 0.4) is 0 Å². The van der Waals surface area contributed by atoms with Crippen LogP contribution in [0.1, 0.15) is 11.5 Å². The van der Waals surface area contributed by atoms with Gasteiger partial charge in [0.15, 0.2) is 0 Å². The van der Waals surface area contributed by atoms with Crippen molar-refractivity contribution in [1.82, 2.24) is 0 Å². The van der Waals surface area contributed by atoms with E-state index in [4.69, 9.17) is 43.1 Å². The van der Waals surface area contributed by atoms with Crippen molar-refractivity contribution in [2.24, 2.45) is 5.73 Å². The van der Waals surface area contributed by atoms with Crippen LogP contribution in [0.25, 0.3) is 0 Å². The molecule has 0 aromatic heterocycles. The smallest absolute Gasteiger partial charge is 0.355 e. The van der Waals surface area contributed by atoms with Gasteiger partial charge < -0.3 is 19.9 Å². The molecule has 1 heterocycles. The highest BCUT2D eigenvalue weighted by Crippen LogP contribution is 2.43. The van der Waals surface area contributed by atoms with Gasteiger partial charge in [0.05, 0.1) is 42.4 Å². The summed E-state index contributed by atoms with van der Waals surface area (Å²) in [5, 5.41) is 10.9. The monoisotopic (exact) mass is 549 g/mol. The zero-order valence-corrected chi connectivity index (χ0v) is 21.8. The second-order valence-corrected chi connectivity index (χ2v) is 8.85. The number of benzene rings is 3. The maximum atomic E-state index is 13.1. The summed E-state index contributed by atoms with van der Waals surface area (Å²) in [6.45, 7) is 0. The Morgan fingerprint density at radius 2 is 1.61 bits per heavy atom. The number of esters is 2. The topological polar surface area (TPSA) is 115 Å². The first-order chi connectivity index (χ1) is 18.3. The normalized spacial score (nSPS) is 15.1. The maximum Gasteiger partial charge on any atom is 0.355 e. The summed E-state index contributed by atoms with van der Waals surface area (Å²) in [6.07, 6.45) is 0. The Balaban J connectivity index is 1.86. The average Bonchev–Trinajstić information content (AvgIpc) is 2.94. The molecule has 0 aliphatic carbocycles. The Bertz CT molecular complexity index is 1500. The van der Waals surface area contributed by atoms with Crippen LogP contribution < -0.4 is 15.4 Å². The number of nitriles is 1. The maximum absolute atomic E-state index is 13.1. The van der Waals surface area contributed by atoms with Gasteiger partial charge in [-0.3, -0.25) is 4.90 Å². The molecule has 1 unspecified atom stereocenters. The predicted octanol–water partition coefficient (Wildman–Crippen LogP) is 5.68. The molecular formula is C28H21Cl2N3O5. The Morgan fingerprint density at radius 3 is 2.18 bits per heavy atom. The van der Waals surface area contributed by atoms with Gasteiger partial charge in [-0.15, -0.1) is 0 Å². The number of hydrogen-bond acceptors (Lipinski definition) is 8. The lowest BCUT2D eigenvalue weighted by Crippen LogP contribution is -2.40. The van der Waals surface area contributed by atoms with Gasteiger partial charge in [0.1, 0.15) is 23.0 Å². The molecule has 3 aromatic rings. The molecule has 0 saturated carbocycles. The Kier molecular flexibility index (Phi) is 7.91. The van der Waals surface area contributed by atoms with E-state index < -0.39 is 17.9 Å². The molecule has 0 amide bonds. The van der Waals surface area contributed by atoms with Gasteiger partial charge in [-0.25, -0.2) is 9.59 Å². The molecule has 10 heteroatoms. The largest absolute Gasteiger partial charge is 0.466 e. The summed E-state index contributed by atoms with van der Waals surface area (Å²) in [7, 11) is 2.38. The van der Waals surface area contributed by atoms with Crippen LogP contribution in [0.2, 0.25) is 10.0 Å². The minimum absolute atomic E-state index is 0.0381. The van der Waals surface area contributed by atoms with Gasteiger partial charge in [0, 0.05) is 10.7 Å². The van der Waals surface area contributed by atoms with Crippen molar-refractivity contribution in [3.8, 4) is 17.6 Å². The van der Waals surface area contributed by atoms with E-state index in [-0.39, 0.29) is 22.7 Å². The quantitative estimate of drug-likeness (QED) is 0.390. The summed E-state index contributed by atoms with van der Waals surface area (Å²) in [5.74, 6) is -1.81. The molecule has 2 N–H and O–H groups in total. The molecule has 38 heavy (non-hydrogen) atoms. The van der Waals surface area contributed by atoms with Crippen molar-refractivity contribution >= 4 is 40.8 Å². The number of nitrogens with two attached hydrogens (primary N) is 1. The molecule has 0 fully saturated rings. The van der Waals surface area contributed by atoms with Crippen molar-refractivity contribution in [2.45, 2.75) is 5.92 Å². The number of rotatable bonds is 6. The first kappa shape index (κ1) is 26.6. The van der Waals surface area contributed by atoms with Crippen LogP contribution >= 0.6 is 23.2 Å². The standard InChI is InChI=1S/C28H21Cl2N3O5/c1-36-27(34)24-23(16-6-4-3-5-7-16)20(15-31)26(32)33(25(24)28(35)37-2)18-9-11-19(12-10-18)38-22-13-8-17(29)14-21(22)30/h3-14,23H,32H2,1-2H3. The van der Waals surface area contributed by atoms with E-state index in [9.17, 15) is 14.9 Å². The van der Waals surface area contributed by atoms with Crippen molar-refractivity contribution < 1.29 is 23.8 Å². The fraction of sp³-hybridized carbons (Fsp3) is 0.107. The summed E-state index contributed by atoms with van der Waals surface area (Å²) >= 11 is 12.2. The van der Waals surface area contributed by atoms with Crippen LogP contribution in [-0.2, 0) is 19.1 Å². The van der Waals surface area contributed by atoms with Crippen molar-refractivity contribution in [3.05, 3.63) is 111 Å². The number of anilines is 1. The number of hydrogen-bond donors (Lipinski definition) is 1. The van der Waals surface area contributed by atoms with Crippen LogP contribution in [-0.4, -0.2) is 26.2 Å². The first-order valence-electron chi connectivity index (χ1n) is 11.2. The van der Waals surface area contributed by atoms with Crippen LogP contribution in [0, 0.1) is 11.3 Å². The van der Waals surface area contributed by atoms with Gasteiger partial charge in [0.2, 0.25) is 0 Å². The Labute approximate surface area is 229 Å². The highest BCUT2D eigenvalue weighted by Gasteiger charge is 2.42. The summed E-state index contributed by atoms with van der Waals surface area (Å²) in [4.78, 5) is 27.5. The molecule has 0 saturated heterocycles.